The molecule has 0 spiro atoms. The molecular weight excluding hydrogens is 706 g/mol. The minimum atomic E-state index is -2.65. The normalized spacial score (nSPS) is 24.5. The number of nitrogens with one attached hydrogen (secondary N) is 1. The van der Waals surface area contributed by atoms with Gasteiger partial charge in [-0.25, -0.2) is 13.6 Å². The fraction of sp³-hybridized carbons (Fsp3) is 0.579. The number of hydrogen-bond acceptors (Lipinski definition) is 8. The summed E-state index contributed by atoms with van der Waals surface area (Å²) in [5, 5.41) is 7.10. The smallest absolute Gasteiger partial charge is 0.328 e. The molecular formula is C38H47ClF2N8O4. The van der Waals surface area contributed by atoms with Gasteiger partial charge in [0.2, 0.25) is 5.91 Å². The van der Waals surface area contributed by atoms with Crippen LogP contribution in [0.15, 0.2) is 48.4 Å². The Balaban J connectivity index is 0.788. The number of amides is 4. The Labute approximate surface area is 313 Å². The molecule has 0 radical (unpaired) electrons. The van der Waals surface area contributed by atoms with Crippen LogP contribution in [-0.4, -0.2) is 113 Å². The molecule has 7 heterocycles. The topological polar surface area (TPSA) is 106 Å². The number of alkyl halides is 2. The summed E-state index contributed by atoms with van der Waals surface area (Å²) >= 11 is 6.38. The van der Waals surface area contributed by atoms with Crippen LogP contribution in [0.4, 0.5) is 25.0 Å². The van der Waals surface area contributed by atoms with Crippen LogP contribution >= 0.6 is 11.6 Å². The highest BCUT2D eigenvalue weighted by atomic mass is 35.5. The van der Waals surface area contributed by atoms with E-state index >= 15 is 0 Å². The molecule has 15 heteroatoms. The van der Waals surface area contributed by atoms with Crippen LogP contribution in [0.25, 0.3) is 0 Å². The summed E-state index contributed by atoms with van der Waals surface area (Å²) in [7, 11) is 0. The fourth-order valence-corrected chi connectivity index (χ4v) is 9.04. The summed E-state index contributed by atoms with van der Waals surface area (Å²) in [5.41, 5.74) is 2.28. The van der Waals surface area contributed by atoms with Crippen LogP contribution in [0.3, 0.4) is 0 Å². The number of carbonyl (C=O) groups excluding carboxylic acids is 3. The maximum Gasteiger partial charge on any atom is 0.328 e. The third-order valence-corrected chi connectivity index (χ3v) is 12.1. The van der Waals surface area contributed by atoms with E-state index in [1.54, 1.807) is 22.9 Å². The van der Waals surface area contributed by atoms with Crippen LogP contribution in [0.2, 0.25) is 5.02 Å². The van der Waals surface area contributed by atoms with E-state index in [4.69, 9.17) is 16.3 Å². The van der Waals surface area contributed by atoms with Crippen LogP contribution in [0.5, 0.6) is 0 Å². The van der Waals surface area contributed by atoms with Gasteiger partial charge in [0, 0.05) is 70.2 Å². The number of aromatic nitrogens is 2. The third-order valence-electron chi connectivity index (χ3n) is 11.8. The maximum atomic E-state index is 14.3. The zero-order valence-electron chi connectivity index (χ0n) is 29.8. The van der Waals surface area contributed by atoms with Gasteiger partial charge >= 0.3 is 6.03 Å². The highest BCUT2D eigenvalue weighted by molar-refractivity contribution is 6.34. The van der Waals surface area contributed by atoms with Crippen molar-refractivity contribution in [1.29, 1.82) is 0 Å². The predicted octanol–water partition coefficient (Wildman–Crippen LogP) is 5.58. The van der Waals surface area contributed by atoms with Crippen LogP contribution in [0, 0.1) is 5.92 Å². The standard InChI is InChI=1S/C38H47ClF2N8O4/c39-31-6-5-26(19-32(31)47-18-11-34(50)42-38(47)52)37(51)45-16-7-25(8-17-45)3-1-12-44-14-9-27(10-15-44)49-23-33(35(43-49)36(40)41)46-13-2-4-28(21-46)48-22-30-20-29(48)24-53-30/h2,4-6,19,21,23,25,27,29-30,36H,1,3,7-18,20,22,24H2,(H,42,50,52)/t29-,30-/m1/s1. The van der Waals surface area contributed by atoms with Gasteiger partial charge in [-0.1, -0.05) is 17.7 Å². The number of rotatable bonds is 10. The average Bonchev–Trinajstić information content (AvgIpc) is 3.93. The van der Waals surface area contributed by atoms with E-state index < -0.39 is 12.5 Å². The number of nitrogens with zero attached hydrogens (tertiary/aromatic N) is 7. The van der Waals surface area contributed by atoms with E-state index in [0.29, 0.717) is 53.6 Å². The molecule has 53 heavy (non-hydrogen) atoms. The maximum absolute atomic E-state index is 14.3. The molecule has 12 nitrogen and oxygen atoms in total. The van der Waals surface area contributed by atoms with Gasteiger partial charge in [0.1, 0.15) is 0 Å². The molecule has 2 bridgehead atoms. The SMILES string of the molecule is O=C1CCN(c2cc(C(=O)N3CCC(CCCN4CCC(n5cc(N6C=C(N7C[C@H]8C[C@@H]7CO8)C=CC6)c(C(F)F)n5)CC4)CC3)ccc2Cl)C(=O)N1. The lowest BCUT2D eigenvalue weighted by molar-refractivity contribution is -0.120. The molecule has 8 rings (SSSR count). The number of imide groups is 1. The number of benzene rings is 1. The summed E-state index contributed by atoms with van der Waals surface area (Å²) in [6.45, 7) is 6.49. The predicted molar refractivity (Wildman–Crippen MR) is 196 cm³/mol. The van der Waals surface area contributed by atoms with Gasteiger partial charge in [0.05, 0.1) is 46.9 Å². The second kappa shape index (κ2) is 15.4. The van der Waals surface area contributed by atoms with Crippen molar-refractivity contribution in [3.05, 3.63) is 64.7 Å². The minimum Gasteiger partial charge on any atom is -0.374 e. The molecule has 0 saturated carbocycles. The molecule has 1 aromatic carbocycles. The lowest BCUT2D eigenvalue weighted by Crippen LogP contribution is -2.49. The number of ether oxygens (including phenoxy) is 1. The fourth-order valence-electron chi connectivity index (χ4n) is 8.82. The number of likely N-dealkylation sites (tertiary alicyclic amines) is 3. The second-order valence-corrected chi connectivity index (χ2v) is 15.6. The number of morpholine rings is 1. The average molecular weight is 753 g/mol. The second-order valence-electron chi connectivity index (χ2n) is 15.2. The Morgan fingerprint density at radius 3 is 2.57 bits per heavy atom. The van der Waals surface area contributed by atoms with Crippen molar-refractivity contribution < 1.29 is 27.9 Å². The Hall–Kier alpha value is -4.01. The van der Waals surface area contributed by atoms with Gasteiger partial charge in [-0.05, 0) is 81.7 Å². The number of allylic oxidation sites excluding steroid dienone is 1. The molecule has 6 aliphatic heterocycles. The number of carbonyl (C=O) groups is 3. The zero-order chi connectivity index (χ0) is 36.6. The summed E-state index contributed by atoms with van der Waals surface area (Å²) in [4.78, 5) is 47.4. The van der Waals surface area contributed by atoms with Crippen molar-refractivity contribution in [2.24, 2.45) is 5.92 Å². The quantitative estimate of drug-likeness (QED) is 0.336. The molecule has 1 aromatic heterocycles. The van der Waals surface area contributed by atoms with Crippen molar-refractivity contribution >= 4 is 40.8 Å². The lowest BCUT2D eigenvalue weighted by atomic mass is 9.91. The number of anilines is 2. The minimum absolute atomic E-state index is 0.0825. The summed E-state index contributed by atoms with van der Waals surface area (Å²) in [6.07, 6.45) is 12.6. The van der Waals surface area contributed by atoms with Gasteiger partial charge in [-0.15, -0.1) is 0 Å². The van der Waals surface area contributed by atoms with Crippen LogP contribution in [0.1, 0.15) is 79.9 Å². The first kappa shape index (κ1) is 36.0. The van der Waals surface area contributed by atoms with E-state index in [-0.39, 0.29) is 42.6 Å². The van der Waals surface area contributed by atoms with Gasteiger partial charge in [0.15, 0.2) is 5.69 Å². The Morgan fingerprint density at radius 2 is 1.85 bits per heavy atom. The highest BCUT2D eigenvalue weighted by Crippen LogP contribution is 2.37. The zero-order valence-corrected chi connectivity index (χ0v) is 30.6. The first-order valence-electron chi connectivity index (χ1n) is 19.0. The molecule has 5 saturated heterocycles. The van der Waals surface area contributed by atoms with Crippen molar-refractivity contribution in [3.63, 3.8) is 0 Å². The number of fused-ring (bicyclic) bond motifs is 2. The summed E-state index contributed by atoms with van der Waals surface area (Å²) < 4.78 is 36.1. The van der Waals surface area contributed by atoms with E-state index in [0.717, 1.165) is 83.4 Å². The van der Waals surface area contributed by atoms with E-state index in [2.05, 4.69) is 26.3 Å². The molecule has 1 N–H and O–H groups in total. The summed E-state index contributed by atoms with van der Waals surface area (Å²) in [6, 6.07) is 4.87. The Morgan fingerprint density at radius 1 is 1.04 bits per heavy atom. The van der Waals surface area contributed by atoms with Crippen molar-refractivity contribution in [2.75, 3.05) is 68.8 Å². The van der Waals surface area contributed by atoms with Gasteiger partial charge in [-0.3, -0.25) is 24.5 Å². The van der Waals surface area contributed by atoms with Gasteiger partial charge in [-0.2, -0.15) is 5.10 Å². The third kappa shape index (κ3) is 7.68. The number of piperidine rings is 2. The molecule has 5 fully saturated rings. The van der Waals surface area contributed by atoms with Crippen molar-refractivity contribution in [2.45, 2.75) is 76.0 Å². The molecule has 4 amide bonds. The first-order valence-corrected chi connectivity index (χ1v) is 19.4. The first-order chi connectivity index (χ1) is 25.7. The van der Waals surface area contributed by atoms with E-state index in [1.165, 1.54) is 4.90 Å². The number of halogens is 3. The summed E-state index contributed by atoms with van der Waals surface area (Å²) in [5.74, 6) is 0.142. The molecule has 0 aliphatic carbocycles. The van der Waals surface area contributed by atoms with Crippen LogP contribution < -0.4 is 15.1 Å². The van der Waals surface area contributed by atoms with Crippen molar-refractivity contribution in [1.82, 2.24) is 29.8 Å². The molecule has 2 atom stereocenters. The monoisotopic (exact) mass is 752 g/mol. The van der Waals surface area contributed by atoms with Crippen LogP contribution in [-0.2, 0) is 9.53 Å². The number of urea groups is 1. The van der Waals surface area contributed by atoms with E-state index in [9.17, 15) is 23.2 Å². The molecule has 284 valence electrons. The molecule has 0 unspecified atom stereocenters. The molecule has 6 aliphatic rings. The van der Waals surface area contributed by atoms with Crippen molar-refractivity contribution in [3.8, 4) is 0 Å². The van der Waals surface area contributed by atoms with E-state index in [1.807, 2.05) is 28.3 Å². The number of hydrogen-bond donors (Lipinski definition) is 1. The van der Waals surface area contributed by atoms with Gasteiger partial charge < -0.3 is 24.3 Å². The Kier molecular flexibility index (Phi) is 10.4. The lowest BCUT2D eigenvalue weighted by Gasteiger charge is -2.34. The Bertz CT molecular complexity index is 1770. The highest BCUT2D eigenvalue weighted by Gasteiger charge is 2.40. The molecule has 2 aromatic rings. The van der Waals surface area contributed by atoms with Gasteiger partial charge in [0.25, 0.3) is 12.3 Å². The largest absolute Gasteiger partial charge is 0.374 e.